The SMILES string of the molecule is CN=C(NCC1(SC)CCOCC1)NC1CCN(CC2CCCC2)C1. The number of hydrogen-bond donors (Lipinski definition) is 2. The van der Waals surface area contributed by atoms with E-state index in [-0.39, 0.29) is 0 Å². The summed E-state index contributed by atoms with van der Waals surface area (Å²) in [5, 5.41) is 7.25. The van der Waals surface area contributed by atoms with Crippen molar-refractivity contribution in [3.05, 3.63) is 0 Å². The Morgan fingerprint density at radius 3 is 2.68 bits per heavy atom. The van der Waals surface area contributed by atoms with Gasteiger partial charge >= 0.3 is 0 Å². The first-order chi connectivity index (χ1) is 12.2. The summed E-state index contributed by atoms with van der Waals surface area (Å²) >= 11 is 1.97. The molecule has 2 heterocycles. The fourth-order valence-corrected chi connectivity index (χ4v) is 5.30. The lowest BCUT2D eigenvalue weighted by Crippen LogP contribution is -2.50. The molecule has 2 N–H and O–H groups in total. The van der Waals surface area contributed by atoms with E-state index >= 15 is 0 Å². The van der Waals surface area contributed by atoms with Gasteiger partial charge in [0.25, 0.3) is 0 Å². The zero-order chi connectivity index (χ0) is 17.5. The lowest BCUT2D eigenvalue weighted by atomic mass is 9.99. The highest BCUT2D eigenvalue weighted by molar-refractivity contribution is 8.00. The van der Waals surface area contributed by atoms with Crippen LogP contribution in [0, 0.1) is 5.92 Å². The minimum atomic E-state index is 0.292. The summed E-state index contributed by atoms with van der Waals surface area (Å²) in [5.74, 6) is 1.92. The first-order valence-corrected chi connectivity index (χ1v) is 11.3. The summed E-state index contributed by atoms with van der Waals surface area (Å²) in [6, 6.07) is 0.535. The molecule has 3 rings (SSSR count). The second-order valence-electron chi connectivity index (χ2n) is 7.97. The molecule has 2 saturated heterocycles. The largest absolute Gasteiger partial charge is 0.381 e. The molecule has 3 aliphatic rings. The van der Waals surface area contributed by atoms with Crippen LogP contribution in [0.3, 0.4) is 0 Å². The number of likely N-dealkylation sites (tertiary alicyclic amines) is 1. The van der Waals surface area contributed by atoms with Gasteiger partial charge < -0.3 is 20.3 Å². The van der Waals surface area contributed by atoms with Gasteiger partial charge in [0, 0.05) is 57.2 Å². The summed E-state index contributed by atoms with van der Waals surface area (Å²) in [6.45, 7) is 6.44. The Kier molecular flexibility index (Phi) is 7.31. The molecule has 2 aliphatic heterocycles. The summed E-state index contributed by atoms with van der Waals surface area (Å²) in [7, 11) is 1.89. The zero-order valence-corrected chi connectivity index (χ0v) is 16.9. The molecule has 144 valence electrons. The van der Waals surface area contributed by atoms with Gasteiger partial charge in [0.15, 0.2) is 5.96 Å². The Balaban J connectivity index is 1.41. The highest BCUT2D eigenvalue weighted by atomic mass is 32.2. The third-order valence-electron chi connectivity index (χ3n) is 6.24. The third kappa shape index (κ3) is 5.51. The van der Waals surface area contributed by atoms with Crippen LogP contribution in [0.25, 0.3) is 0 Å². The fourth-order valence-electron chi connectivity index (χ4n) is 4.50. The maximum atomic E-state index is 5.54. The monoisotopic (exact) mass is 368 g/mol. The van der Waals surface area contributed by atoms with Crippen molar-refractivity contribution >= 4 is 17.7 Å². The van der Waals surface area contributed by atoms with Crippen LogP contribution in [0.5, 0.6) is 0 Å². The number of rotatable bonds is 6. The molecule has 25 heavy (non-hydrogen) atoms. The van der Waals surface area contributed by atoms with Gasteiger partial charge in [0.1, 0.15) is 0 Å². The van der Waals surface area contributed by atoms with Crippen molar-refractivity contribution in [1.29, 1.82) is 0 Å². The standard InChI is InChI=1S/C19H36N4OS/c1-20-18(21-15-19(25-2)8-11-24-12-9-19)22-17-7-10-23(14-17)13-16-5-3-4-6-16/h16-17H,3-15H2,1-2H3,(H2,20,21,22). The fraction of sp³-hybridized carbons (Fsp3) is 0.947. The molecule has 1 saturated carbocycles. The summed E-state index contributed by atoms with van der Waals surface area (Å²) in [5.41, 5.74) is 0. The van der Waals surface area contributed by atoms with E-state index in [9.17, 15) is 0 Å². The number of thioether (sulfide) groups is 1. The van der Waals surface area contributed by atoms with E-state index < -0.39 is 0 Å². The van der Waals surface area contributed by atoms with Crippen LogP contribution < -0.4 is 10.6 Å². The van der Waals surface area contributed by atoms with Crippen molar-refractivity contribution in [3.63, 3.8) is 0 Å². The predicted molar refractivity (Wildman–Crippen MR) is 108 cm³/mol. The van der Waals surface area contributed by atoms with Crippen molar-refractivity contribution in [1.82, 2.24) is 15.5 Å². The van der Waals surface area contributed by atoms with Crippen LogP contribution in [-0.2, 0) is 4.74 Å². The van der Waals surface area contributed by atoms with Gasteiger partial charge in [-0.2, -0.15) is 11.8 Å². The van der Waals surface area contributed by atoms with Gasteiger partial charge in [-0.15, -0.1) is 0 Å². The zero-order valence-electron chi connectivity index (χ0n) is 16.1. The van der Waals surface area contributed by atoms with Gasteiger partial charge in [-0.25, -0.2) is 0 Å². The van der Waals surface area contributed by atoms with E-state index in [1.165, 1.54) is 51.7 Å². The Morgan fingerprint density at radius 1 is 1.24 bits per heavy atom. The average molecular weight is 369 g/mol. The van der Waals surface area contributed by atoms with Crippen molar-refractivity contribution in [3.8, 4) is 0 Å². The molecular formula is C19H36N4OS. The molecule has 3 fully saturated rings. The number of nitrogens with zero attached hydrogens (tertiary/aromatic N) is 2. The maximum Gasteiger partial charge on any atom is 0.191 e. The Bertz CT molecular complexity index is 433. The van der Waals surface area contributed by atoms with E-state index in [1.807, 2.05) is 18.8 Å². The summed E-state index contributed by atoms with van der Waals surface area (Å²) < 4.78 is 5.83. The second kappa shape index (κ2) is 9.47. The average Bonchev–Trinajstić information content (AvgIpc) is 3.32. The topological polar surface area (TPSA) is 48.9 Å². The smallest absolute Gasteiger partial charge is 0.191 e. The Hall–Kier alpha value is -0.460. The number of guanidine groups is 1. The van der Waals surface area contributed by atoms with Crippen LogP contribution in [0.4, 0.5) is 0 Å². The molecule has 1 atom stereocenters. The van der Waals surface area contributed by atoms with E-state index in [0.717, 1.165) is 44.5 Å². The first kappa shape index (κ1) is 19.3. The van der Waals surface area contributed by atoms with Crippen LogP contribution in [0.2, 0.25) is 0 Å². The van der Waals surface area contributed by atoms with Crippen molar-refractivity contribution < 1.29 is 4.74 Å². The van der Waals surface area contributed by atoms with Gasteiger partial charge in [0.05, 0.1) is 0 Å². The number of nitrogens with one attached hydrogen (secondary N) is 2. The number of ether oxygens (including phenoxy) is 1. The minimum Gasteiger partial charge on any atom is -0.381 e. The quantitative estimate of drug-likeness (QED) is 0.557. The highest BCUT2D eigenvalue weighted by Gasteiger charge is 2.32. The lowest BCUT2D eigenvalue weighted by molar-refractivity contribution is 0.0782. The third-order valence-corrected chi connectivity index (χ3v) is 7.66. The maximum absolute atomic E-state index is 5.54. The van der Waals surface area contributed by atoms with Gasteiger partial charge in [-0.05, 0) is 44.3 Å². The molecule has 5 nitrogen and oxygen atoms in total. The molecule has 1 unspecified atom stereocenters. The second-order valence-corrected chi connectivity index (χ2v) is 9.24. The van der Waals surface area contributed by atoms with E-state index in [1.54, 1.807) is 0 Å². The van der Waals surface area contributed by atoms with Crippen molar-refractivity contribution in [2.75, 3.05) is 52.7 Å². The van der Waals surface area contributed by atoms with Gasteiger partial charge in [-0.3, -0.25) is 4.99 Å². The van der Waals surface area contributed by atoms with E-state index in [4.69, 9.17) is 4.74 Å². The normalized spacial score (nSPS) is 28.4. The Labute approximate surface area is 157 Å². The van der Waals surface area contributed by atoms with Crippen molar-refractivity contribution in [2.24, 2.45) is 10.9 Å². The Morgan fingerprint density at radius 2 is 2.00 bits per heavy atom. The molecule has 1 aliphatic carbocycles. The van der Waals surface area contributed by atoms with Crippen LogP contribution in [0.1, 0.15) is 44.9 Å². The molecular weight excluding hydrogens is 332 g/mol. The highest BCUT2D eigenvalue weighted by Crippen LogP contribution is 2.33. The molecule has 0 aromatic rings. The molecule has 0 aromatic carbocycles. The molecule has 0 radical (unpaired) electrons. The first-order valence-electron chi connectivity index (χ1n) is 10.1. The van der Waals surface area contributed by atoms with E-state index in [0.29, 0.717) is 10.8 Å². The number of aliphatic imine (C=N–C) groups is 1. The van der Waals surface area contributed by atoms with E-state index in [2.05, 4.69) is 26.8 Å². The van der Waals surface area contributed by atoms with Crippen molar-refractivity contribution in [2.45, 2.75) is 55.7 Å². The molecule has 6 heteroatoms. The van der Waals surface area contributed by atoms with Gasteiger partial charge in [0.2, 0.25) is 0 Å². The van der Waals surface area contributed by atoms with Gasteiger partial charge in [-0.1, -0.05) is 12.8 Å². The number of hydrogen-bond acceptors (Lipinski definition) is 4. The molecule has 0 bridgehead atoms. The van der Waals surface area contributed by atoms with Crippen LogP contribution >= 0.6 is 11.8 Å². The van der Waals surface area contributed by atoms with Crippen LogP contribution in [-0.4, -0.2) is 74.3 Å². The molecule has 0 aromatic heterocycles. The molecule has 0 amide bonds. The minimum absolute atomic E-state index is 0.292. The predicted octanol–water partition coefficient (Wildman–Crippen LogP) is 2.33. The van der Waals surface area contributed by atoms with Crippen LogP contribution in [0.15, 0.2) is 4.99 Å². The summed E-state index contributed by atoms with van der Waals surface area (Å²) in [4.78, 5) is 7.12. The summed E-state index contributed by atoms with van der Waals surface area (Å²) in [6.07, 6.45) is 11.5. The lowest BCUT2D eigenvalue weighted by Gasteiger charge is -2.36. The molecule has 0 spiro atoms.